The van der Waals surface area contributed by atoms with Gasteiger partial charge in [0.2, 0.25) is 17.7 Å². The van der Waals surface area contributed by atoms with E-state index in [1.807, 2.05) is 97.9 Å². The molecule has 216 valence electrons. The first-order chi connectivity index (χ1) is 20.4. The molecule has 0 aliphatic heterocycles. The Labute approximate surface area is 247 Å². The highest BCUT2D eigenvalue weighted by atomic mass is 16.3. The van der Waals surface area contributed by atoms with Gasteiger partial charge in [0.05, 0.1) is 13.0 Å². The number of amides is 3. The minimum absolute atomic E-state index is 0.117. The van der Waals surface area contributed by atoms with Crippen LogP contribution >= 0.6 is 0 Å². The van der Waals surface area contributed by atoms with Crippen LogP contribution in [0.2, 0.25) is 0 Å². The van der Waals surface area contributed by atoms with Gasteiger partial charge in [-0.1, -0.05) is 117 Å². The number of aliphatic hydroxyl groups excluding tert-OH is 1. The monoisotopic (exact) mass is 563 g/mol. The lowest BCUT2D eigenvalue weighted by Gasteiger charge is -2.37. The van der Waals surface area contributed by atoms with Crippen LogP contribution in [0.15, 0.2) is 115 Å². The summed E-state index contributed by atoms with van der Waals surface area (Å²) in [6.07, 6.45) is 0.311. The number of carbonyl (C=O) groups is 3. The van der Waals surface area contributed by atoms with Gasteiger partial charge in [-0.15, -0.1) is 0 Å². The summed E-state index contributed by atoms with van der Waals surface area (Å²) < 4.78 is 0. The number of anilines is 1. The average Bonchev–Trinajstić information content (AvgIpc) is 3.04. The minimum Gasteiger partial charge on any atom is -0.392 e. The molecule has 0 aromatic heterocycles. The van der Waals surface area contributed by atoms with Gasteiger partial charge in [0.15, 0.2) is 0 Å². The van der Waals surface area contributed by atoms with Crippen molar-refractivity contribution in [2.24, 2.45) is 5.92 Å². The molecule has 0 aliphatic rings. The molecule has 7 heteroatoms. The van der Waals surface area contributed by atoms with E-state index >= 15 is 0 Å². The molecule has 7 nitrogen and oxygen atoms in total. The van der Waals surface area contributed by atoms with Crippen LogP contribution < -0.4 is 16.0 Å². The maximum atomic E-state index is 14.0. The maximum absolute atomic E-state index is 14.0. The summed E-state index contributed by atoms with van der Waals surface area (Å²) in [5.74, 6) is -1.55. The molecular formula is C35H37N3O4. The minimum atomic E-state index is -1.12. The second-order valence-electron chi connectivity index (χ2n) is 10.3. The van der Waals surface area contributed by atoms with Crippen LogP contribution in [0, 0.1) is 5.92 Å². The lowest BCUT2D eigenvalue weighted by molar-refractivity contribution is -0.131. The molecular weight excluding hydrogens is 526 g/mol. The SMILES string of the molecule is CCC(C)C(=O)NC(CC(=O)NC(c1ccccc1)(c1ccccc1)c1ccccc1)C(=O)Nc1ccc(CO)cc1. The van der Waals surface area contributed by atoms with Gasteiger partial charge < -0.3 is 21.1 Å². The van der Waals surface area contributed by atoms with E-state index in [1.54, 1.807) is 31.2 Å². The van der Waals surface area contributed by atoms with Gasteiger partial charge in [-0.2, -0.15) is 0 Å². The molecule has 2 atom stereocenters. The van der Waals surface area contributed by atoms with E-state index < -0.39 is 23.4 Å². The number of benzene rings is 4. The number of nitrogens with one attached hydrogen (secondary N) is 3. The van der Waals surface area contributed by atoms with Crippen molar-refractivity contribution in [1.29, 1.82) is 0 Å². The van der Waals surface area contributed by atoms with Crippen molar-refractivity contribution in [3.8, 4) is 0 Å². The summed E-state index contributed by atoms with van der Waals surface area (Å²) in [7, 11) is 0. The topological polar surface area (TPSA) is 108 Å². The molecule has 4 N–H and O–H groups in total. The molecule has 42 heavy (non-hydrogen) atoms. The molecule has 0 saturated carbocycles. The van der Waals surface area contributed by atoms with Gasteiger partial charge in [0, 0.05) is 11.6 Å². The zero-order valence-electron chi connectivity index (χ0n) is 23.9. The number of hydrogen-bond acceptors (Lipinski definition) is 4. The fourth-order valence-electron chi connectivity index (χ4n) is 4.86. The third kappa shape index (κ3) is 7.11. The molecule has 0 heterocycles. The Morgan fingerprint density at radius 1 is 0.714 bits per heavy atom. The summed E-state index contributed by atoms with van der Waals surface area (Å²) >= 11 is 0. The van der Waals surface area contributed by atoms with Crippen molar-refractivity contribution in [2.45, 2.75) is 44.9 Å². The second kappa shape index (κ2) is 14.2. The van der Waals surface area contributed by atoms with Crippen molar-refractivity contribution < 1.29 is 19.5 Å². The Hall–Kier alpha value is -4.75. The molecule has 0 fully saturated rings. The molecule has 0 radical (unpaired) electrons. The highest BCUT2D eigenvalue weighted by molar-refractivity contribution is 6.00. The Balaban J connectivity index is 1.69. The normalized spacial score (nSPS) is 12.5. The molecule has 0 spiro atoms. The van der Waals surface area contributed by atoms with Crippen LogP contribution in [0.5, 0.6) is 0 Å². The number of aliphatic hydroxyl groups is 1. The van der Waals surface area contributed by atoms with Crippen LogP contribution in [0.4, 0.5) is 5.69 Å². The van der Waals surface area contributed by atoms with Crippen molar-refractivity contribution >= 4 is 23.4 Å². The molecule has 2 unspecified atom stereocenters. The summed E-state index contributed by atoms with van der Waals surface area (Å²) in [6.45, 7) is 3.56. The van der Waals surface area contributed by atoms with Crippen LogP contribution in [0.3, 0.4) is 0 Å². The first kappa shape index (κ1) is 30.2. The quantitative estimate of drug-likeness (QED) is 0.179. The van der Waals surface area contributed by atoms with Crippen LogP contribution in [-0.2, 0) is 26.5 Å². The average molecular weight is 564 g/mol. The maximum Gasteiger partial charge on any atom is 0.247 e. The first-order valence-corrected chi connectivity index (χ1v) is 14.2. The van der Waals surface area contributed by atoms with Gasteiger partial charge >= 0.3 is 0 Å². The Bertz CT molecular complexity index is 1360. The van der Waals surface area contributed by atoms with Crippen molar-refractivity contribution in [3.05, 3.63) is 138 Å². The fourth-order valence-corrected chi connectivity index (χ4v) is 4.86. The zero-order chi connectivity index (χ0) is 30.0. The van der Waals surface area contributed by atoms with Gasteiger partial charge in [0.1, 0.15) is 11.6 Å². The summed E-state index contributed by atoms with van der Waals surface area (Å²) in [5, 5.41) is 18.2. The largest absolute Gasteiger partial charge is 0.392 e. The van der Waals surface area contributed by atoms with Crippen molar-refractivity contribution in [2.75, 3.05) is 5.32 Å². The molecule has 4 aromatic carbocycles. The van der Waals surface area contributed by atoms with E-state index in [2.05, 4.69) is 16.0 Å². The Kier molecular flexibility index (Phi) is 10.2. The smallest absolute Gasteiger partial charge is 0.247 e. The van der Waals surface area contributed by atoms with Gasteiger partial charge in [-0.25, -0.2) is 0 Å². The standard InChI is InChI=1S/C35H37N3O4/c1-3-25(2)33(41)37-31(34(42)36-30-21-19-26(24-39)20-22-30)23-32(40)38-35(27-13-7-4-8-14-27,28-15-9-5-10-16-28)29-17-11-6-12-18-29/h4-22,25,31,39H,3,23-24H2,1-2H3,(H,36,42)(H,37,41)(H,38,40). The summed E-state index contributed by atoms with van der Waals surface area (Å²) in [4.78, 5) is 40.4. The predicted molar refractivity (Wildman–Crippen MR) is 164 cm³/mol. The highest BCUT2D eigenvalue weighted by Gasteiger charge is 2.39. The van der Waals surface area contributed by atoms with E-state index in [-0.39, 0.29) is 24.9 Å². The van der Waals surface area contributed by atoms with E-state index in [1.165, 1.54) is 0 Å². The number of hydrogen-bond donors (Lipinski definition) is 4. The molecule has 0 saturated heterocycles. The van der Waals surface area contributed by atoms with Gasteiger partial charge in [-0.05, 0) is 40.8 Å². The van der Waals surface area contributed by atoms with Crippen molar-refractivity contribution in [1.82, 2.24) is 10.6 Å². The summed E-state index contributed by atoms with van der Waals surface area (Å²) in [6, 6.07) is 34.7. The van der Waals surface area contributed by atoms with Crippen LogP contribution in [0.25, 0.3) is 0 Å². The first-order valence-electron chi connectivity index (χ1n) is 14.2. The lowest BCUT2D eigenvalue weighted by Crippen LogP contribution is -2.52. The molecule has 0 aliphatic carbocycles. The number of carbonyl (C=O) groups excluding carboxylic acids is 3. The molecule has 4 aromatic rings. The third-order valence-electron chi connectivity index (χ3n) is 7.43. The second-order valence-corrected chi connectivity index (χ2v) is 10.3. The summed E-state index contributed by atoms with van der Waals surface area (Å²) in [5.41, 5.74) is 2.70. The van der Waals surface area contributed by atoms with Crippen LogP contribution in [0.1, 0.15) is 48.9 Å². The number of rotatable bonds is 12. The lowest BCUT2D eigenvalue weighted by atomic mass is 9.77. The van der Waals surface area contributed by atoms with Gasteiger partial charge in [0.25, 0.3) is 0 Å². The van der Waals surface area contributed by atoms with E-state index in [4.69, 9.17) is 0 Å². The Morgan fingerprint density at radius 2 is 1.19 bits per heavy atom. The highest BCUT2D eigenvalue weighted by Crippen LogP contribution is 2.37. The molecule has 4 rings (SSSR count). The molecule has 3 amide bonds. The third-order valence-corrected chi connectivity index (χ3v) is 7.43. The predicted octanol–water partition coefficient (Wildman–Crippen LogP) is 5.15. The fraction of sp³-hybridized carbons (Fsp3) is 0.229. The van der Waals surface area contributed by atoms with Gasteiger partial charge in [-0.3, -0.25) is 14.4 Å². The molecule has 0 bridgehead atoms. The zero-order valence-corrected chi connectivity index (χ0v) is 23.9. The Morgan fingerprint density at radius 3 is 1.62 bits per heavy atom. The van der Waals surface area contributed by atoms with Crippen LogP contribution in [-0.4, -0.2) is 28.9 Å². The van der Waals surface area contributed by atoms with E-state index in [0.717, 1.165) is 16.7 Å². The van der Waals surface area contributed by atoms with Crippen molar-refractivity contribution in [3.63, 3.8) is 0 Å². The van der Waals surface area contributed by atoms with E-state index in [9.17, 15) is 19.5 Å². The van der Waals surface area contributed by atoms with E-state index in [0.29, 0.717) is 17.7 Å².